The van der Waals surface area contributed by atoms with Crippen molar-refractivity contribution in [3.8, 4) is 0 Å². The van der Waals surface area contributed by atoms with Crippen LogP contribution in [0.3, 0.4) is 0 Å². The quantitative estimate of drug-likeness (QED) is 0.885. The van der Waals surface area contributed by atoms with Crippen LogP contribution in [-0.4, -0.2) is 17.1 Å². The number of carboxylic acid groups (broad SMARTS) is 1. The van der Waals surface area contributed by atoms with Gasteiger partial charge in [0.2, 0.25) is 0 Å². The number of aliphatic carboxylic acids is 1. The highest BCUT2D eigenvalue weighted by Crippen LogP contribution is 2.38. The van der Waals surface area contributed by atoms with Crippen molar-refractivity contribution in [3.05, 3.63) is 27.2 Å². The van der Waals surface area contributed by atoms with Gasteiger partial charge in [0.05, 0.1) is 15.7 Å². The molecule has 6 heteroatoms. The zero-order valence-corrected chi connectivity index (χ0v) is 11.0. The summed E-state index contributed by atoms with van der Waals surface area (Å²) in [6.07, 6.45) is 1.82. The van der Waals surface area contributed by atoms with E-state index in [-0.39, 0.29) is 5.92 Å². The number of hydrogen-bond acceptors (Lipinski definition) is 2. The lowest BCUT2D eigenvalue weighted by Gasteiger charge is -2.17. The van der Waals surface area contributed by atoms with Crippen LogP contribution in [0.15, 0.2) is 12.1 Å². The van der Waals surface area contributed by atoms with Gasteiger partial charge in [0.25, 0.3) is 0 Å². The van der Waals surface area contributed by atoms with Crippen LogP contribution in [0.2, 0.25) is 15.1 Å². The summed E-state index contributed by atoms with van der Waals surface area (Å²) in [6, 6.07) is 2.41. The molecule has 1 aliphatic carbocycles. The van der Waals surface area contributed by atoms with Crippen LogP contribution in [0.25, 0.3) is 0 Å². The molecule has 92 valence electrons. The van der Waals surface area contributed by atoms with Crippen molar-refractivity contribution in [1.29, 1.82) is 0 Å². The van der Waals surface area contributed by atoms with Crippen LogP contribution < -0.4 is 5.32 Å². The average Bonchev–Trinajstić information content (AvgIpc) is 2.99. The van der Waals surface area contributed by atoms with E-state index >= 15 is 0 Å². The fourth-order valence-corrected chi connectivity index (χ4v) is 2.57. The fourth-order valence-electron chi connectivity index (χ4n) is 1.65. The molecule has 0 aliphatic heterocycles. The minimum absolute atomic E-state index is 0.148. The molecule has 2 rings (SSSR count). The first-order chi connectivity index (χ1) is 7.99. The molecule has 17 heavy (non-hydrogen) atoms. The van der Waals surface area contributed by atoms with Crippen LogP contribution in [0.4, 0.5) is 5.69 Å². The van der Waals surface area contributed by atoms with Crippen LogP contribution in [0.5, 0.6) is 0 Å². The number of halogens is 3. The predicted octanol–water partition coefficient (Wildman–Crippen LogP) is 3.92. The predicted molar refractivity (Wildman–Crippen MR) is 69.2 cm³/mol. The van der Waals surface area contributed by atoms with Crippen molar-refractivity contribution in [2.45, 2.75) is 18.9 Å². The second-order valence-electron chi connectivity index (χ2n) is 4.04. The number of nitrogens with one attached hydrogen (secondary N) is 1. The van der Waals surface area contributed by atoms with Crippen LogP contribution in [0, 0.1) is 5.92 Å². The summed E-state index contributed by atoms with van der Waals surface area (Å²) in [5.41, 5.74) is 0.428. The maximum atomic E-state index is 11.1. The molecule has 0 spiro atoms. The molecule has 1 aromatic carbocycles. The van der Waals surface area contributed by atoms with Crippen molar-refractivity contribution in [2.75, 3.05) is 5.32 Å². The SMILES string of the molecule is O=C(O)C(Nc1c(Cl)cc(Cl)cc1Cl)C1CC1. The number of benzene rings is 1. The summed E-state index contributed by atoms with van der Waals surface area (Å²) in [4.78, 5) is 11.1. The molecular weight excluding hydrogens is 284 g/mol. The Kier molecular flexibility index (Phi) is 3.71. The van der Waals surface area contributed by atoms with Crippen molar-refractivity contribution in [3.63, 3.8) is 0 Å². The molecule has 0 bridgehead atoms. The van der Waals surface area contributed by atoms with Gasteiger partial charge in [-0.15, -0.1) is 0 Å². The maximum Gasteiger partial charge on any atom is 0.326 e. The molecule has 2 N–H and O–H groups in total. The van der Waals surface area contributed by atoms with Gasteiger partial charge in [-0.05, 0) is 30.9 Å². The van der Waals surface area contributed by atoms with E-state index in [2.05, 4.69) is 5.32 Å². The summed E-state index contributed by atoms with van der Waals surface area (Å²) in [5.74, 6) is -0.745. The van der Waals surface area contributed by atoms with E-state index in [0.717, 1.165) is 12.8 Å². The molecule has 0 saturated heterocycles. The zero-order valence-electron chi connectivity index (χ0n) is 8.71. The topological polar surface area (TPSA) is 49.3 Å². The van der Waals surface area contributed by atoms with E-state index in [4.69, 9.17) is 39.9 Å². The molecule has 0 amide bonds. The fraction of sp³-hybridized carbons (Fsp3) is 0.364. The third-order valence-electron chi connectivity index (χ3n) is 2.67. The Hall–Kier alpha value is -0.640. The summed E-state index contributed by atoms with van der Waals surface area (Å²) in [7, 11) is 0. The van der Waals surface area contributed by atoms with Crippen LogP contribution in [0.1, 0.15) is 12.8 Å². The first-order valence-electron chi connectivity index (χ1n) is 5.13. The van der Waals surface area contributed by atoms with Gasteiger partial charge in [0.1, 0.15) is 6.04 Å². The van der Waals surface area contributed by atoms with Gasteiger partial charge < -0.3 is 10.4 Å². The van der Waals surface area contributed by atoms with Crippen molar-refractivity contribution in [1.82, 2.24) is 0 Å². The van der Waals surface area contributed by atoms with E-state index in [1.54, 1.807) is 0 Å². The molecule has 1 atom stereocenters. The lowest BCUT2D eigenvalue weighted by atomic mass is 10.1. The first kappa shape index (κ1) is 12.8. The Bertz CT molecular complexity index is 437. The first-order valence-corrected chi connectivity index (χ1v) is 6.26. The number of rotatable bonds is 4. The molecular formula is C11H10Cl3NO2. The molecule has 0 aromatic heterocycles. The molecule has 1 fully saturated rings. The summed E-state index contributed by atoms with van der Waals surface area (Å²) >= 11 is 17.8. The zero-order chi connectivity index (χ0) is 12.6. The van der Waals surface area contributed by atoms with E-state index in [9.17, 15) is 4.79 Å². The Morgan fingerprint density at radius 1 is 1.29 bits per heavy atom. The summed E-state index contributed by atoms with van der Waals surface area (Å²) in [6.45, 7) is 0. The second-order valence-corrected chi connectivity index (χ2v) is 5.29. The molecule has 0 heterocycles. The van der Waals surface area contributed by atoms with Crippen LogP contribution in [-0.2, 0) is 4.79 Å². The molecule has 1 aliphatic rings. The molecule has 1 aromatic rings. The van der Waals surface area contributed by atoms with E-state index in [0.29, 0.717) is 20.8 Å². The largest absolute Gasteiger partial charge is 0.480 e. The minimum Gasteiger partial charge on any atom is -0.480 e. The van der Waals surface area contributed by atoms with Gasteiger partial charge in [0.15, 0.2) is 0 Å². The van der Waals surface area contributed by atoms with Crippen molar-refractivity contribution >= 4 is 46.5 Å². The Labute approximate surface area is 114 Å². The Morgan fingerprint density at radius 3 is 2.24 bits per heavy atom. The maximum absolute atomic E-state index is 11.1. The third kappa shape index (κ3) is 2.97. The highest BCUT2D eigenvalue weighted by atomic mass is 35.5. The van der Waals surface area contributed by atoms with Crippen molar-refractivity contribution < 1.29 is 9.90 Å². The van der Waals surface area contributed by atoms with Crippen molar-refractivity contribution in [2.24, 2.45) is 5.92 Å². The van der Waals surface area contributed by atoms with Gasteiger partial charge in [-0.25, -0.2) is 4.79 Å². The lowest BCUT2D eigenvalue weighted by molar-refractivity contribution is -0.138. The molecule has 1 saturated carbocycles. The lowest BCUT2D eigenvalue weighted by Crippen LogP contribution is -2.31. The van der Waals surface area contributed by atoms with Gasteiger partial charge in [-0.3, -0.25) is 0 Å². The van der Waals surface area contributed by atoms with E-state index in [1.165, 1.54) is 12.1 Å². The van der Waals surface area contributed by atoms with E-state index in [1.807, 2.05) is 0 Å². The average molecular weight is 295 g/mol. The molecule has 0 radical (unpaired) electrons. The Balaban J connectivity index is 2.25. The monoisotopic (exact) mass is 293 g/mol. The van der Waals surface area contributed by atoms with Gasteiger partial charge in [-0.1, -0.05) is 34.8 Å². The highest BCUT2D eigenvalue weighted by molar-refractivity contribution is 6.41. The number of anilines is 1. The third-order valence-corrected chi connectivity index (χ3v) is 3.48. The summed E-state index contributed by atoms with van der Waals surface area (Å²) < 4.78 is 0. The molecule has 3 nitrogen and oxygen atoms in total. The van der Waals surface area contributed by atoms with E-state index < -0.39 is 12.0 Å². The number of hydrogen-bond donors (Lipinski definition) is 2. The van der Waals surface area contributed by atoms with Gasteiger partial charge in [-0.2, -0.15) is 0 Å². The van der Waals surface area contributed by atoms with Gasteiger partial charge >= 0.3 is 5.97 Å². The Morgan fingerprint density at radius 2 is 1.82 bits per heavy atom. The summed E-state index contributed by atoms with van der Waals surface area (Å²) in [5, 5.41) is 13.1. The number of carboxylic acids is 1. The highest BCUT2D eigenvalue weighted by Gasteiger charge is 2.36. The molecule has 1 unspecified atom stereocenters. The standard InChI is InChI=1S/C11H10Cl3NO2/c12-6-3-7(13)10(8(14)4-6)15-9(11(16)17)5-1-2-5/h3-5,9,15H,1-2H2,(H,16,17). The minimum atomic E-state index is -0.894. The van der Waals surface area contributed by atoms with Gasteiger partial charge in [0, 0.05) is 5.02 Å². The van der Waals surface area contributed by atoms with Crippen LogP contribution >= 0.6 is 34.8 Å². The second kappa shape index (κ2) is 4.92. The normalized spacial score (nSPS) is 16.6. The number of carbonyl (C=O) groups is 1. The smallest absolute Gasteiger partial charge is 0.326 e.